The second kappa shape index (κ2) is 6.38. The zero-order chi connectivity index (χ0) is 14.5. The van der Waals surface area contributed by atoms with Crippen LogP contribution in [0.4, 0.5) is 5.69 Å². The molecular formula is C14H12BrNO4. The molecular weight excluding hydrogens is 326 g/mol. The van der Waals surface area contributed by atoms with Gasteiger partial charge in [0.1, 0.15) is 5.76 Å². The molecule has 1 aromatic carbocycles. The monoisotopic (exact) mass is 337 g/mol. The maximum atomic E-state index is 12.0. The van der Waals surface area contributed by atoms with Gasteiger partial charge in [-0.1, -0.05) is 12.1 Å². The highest BCUT2D eigenvalue weighted by Crippen LogP contribution is 2.22. The Morgan fingerprint density at radius 3 is 2.65 bits per heavy atom. The Bertz CT molecular complexity index is 636. The average molecular weight is 338 g/mol. The molecule has 0 aliphatic heterocycles. The summed E-state index contributed by atoms with van der Waals surface area (Å²) in [7, 11) is 0. The first-order valence-corrected chi connectivity index (χ1v) is 6.72. The molecule has 2 N–H and O–H groups in total. The van der Waals surface area contributed by atoms with Crippen LogP contribution in [-0.2, 0) is 11.2 Å². The molecule has 0 spiro atoms. The molecule has 6 heteroatoms. The van der Waals surface area contributed by atoms with Gasteiger partial charge in [-0.3, -0.25) is 9.59 Å². The van der Waals surface area contributed by atoms with E-state index in [0.717, 1.165) is 4.47 Å². The number of hydrogen-bond acceptors (Lipinski definition) is 3. The molecule has 0 aliphatic rings. The lowest BCUT2D eigenvalue weighted by Crippen LogP contribution is -2.11. The molecule has 2 aromatic rings. The molecule has 0 bridgehead atoms. The van der Waals surface area contributed by atoms with Crippen molar-refractivity contribution in [3.05, 3.63) is 52.4 Å². The summed E-state index contributed by atoms with van der Waals surface area (Å²) in [5, 5.41) is 11.3. The topological polar surface area (TPSA) is 79.5 Å². The number of nitrogens with one attached hydrogen (secondary N) is 1. The second-order valence-electron chi connectivity index (χ2n) is 4.09. The van der Waals surface area contributed by atoms with Crippen LogP contribution < -0.4 is 5.32 Å². The zero-order valence-corrected chi connectivity index (χ0v) is 12.0. The third-order valence-corrected chi connectivity index (χ3v) is 3.28. The standard InChI is InChI=1S/C14H12BrNO4/c15-10-3-1-2-4-11(10)16-14(19)12-7-5-9(20-12)6-8-13(17)18/h1-5,7H,6,8H2,(H,16,19)(H,17,18). The van der Waals surface area contributed by atoms with E-state index in [-0.39, 0.29) is 24.5 Å². The van der Waals surface area contributed by atoms with Crippen molar-refractivity contribution in [2.75, 3.05) is 5.32 Å². The van der Waals surface area contributed by atoms with E-state index in [1.807, 2.05) is 12.1 Å². The molecule has 0 saturated heterocycles. The fourth-order valence-electron chi connectivity index (χ4n) is 1.61. The highest BCUT2D eigenvalue weighted by Gasteiger charge is 2.13. The summed E-state index contributed by atoms with van der Waals surface area (Å²) in [5.41, 5.74) is 0.640. The van der Waals surface area contributed by atoms with Crippen molar-refractivity contribution < 1.29 is 19.1 Å². The molecule has 1 heterocycles. The van der Waals surface area contributed by atoms with Crippen LogP contribution in [0.2, 0.25) is 0 Å². The number of halogens is 1. The SMILES string of the molecule is O=C(O)CCc1ccc(C(=O)Nc2ccccc2Br)o1. The largest absolute Gasteiger partial charge is 0.481 e. The number of aliphatic carboxylic acids is 1. The fraction of sp³-hybridized carbons (Fsp3) is 0.143. The normalized spacial score (nSPS) is 10.2. The van der Waals surface area contributed by atoms with E-state index in [0.29, 0.717) is 11.4 Å². The van der Waals surface area contributed by atoms with E-state index >= 15 is 0 Å². The van der Waals surface area contributed by atoms with Crippen LogP contribution in [0.3, 0.4) is 0 Å². The zero-order valence-electron chi connectivity index (χ0n) is 10.4. The van der Waals surface area contributed by atoms with Gasteiger partial charge in [0.15, 0.2) is 5.76 Å². The molecule has 0 unspecified atom stereocenters. The second-order valence-corrected chi connectivity index (χ2v) is 4.95. The molecule has 1 aromatic heterocycles. The van der Waals surface area contributed by atoms with Crippen molar-refractivity contribution >= 4 is 33.5 Å². The highest BCUT2D eigenvalue weighted by atomic mass is 79.9. The first kappa shape index (κ1) is 14.3. The summed E-state index contributed by atoms with van der Waals surface area (Å²) in [6.45, 7) is 0. The first-order valence-electron chi connectivity index (χ1n) is 5.92. The molecule has 104 valence electrons. The van der Waals surface area contributed by atoms with Gasteiger partial charge in [0.25, 0.3) is 5.91 Å². The number of anilines is 1. The Morgan fingerprint density at radius 2 is 1.95 bits per heavy atom. The number of benzene rings is 1. The molecule has 1 amide bonds. The van der Waals surface area contributed by atoms with Crippen molar-refractivity contribution in [2.24, 2.45) is 0 Å². The summed E-state index contributed by atoms with van der Waals surface area (Å²) in [6, 6.07) is 10.4. The number of aryl methyl sites for hydroxylation is 1. The van der Waals surface area contributed by atoms with Gasteiger partial charge in [-0.25, -0.2) is 0 Å². The van der Waals surface area contributed by atoms with E-state index in [1.165, 1.54) is 6.07 Å². The third kappa shape index (κ3) is 3.71. The lowest BCUT2D eigenvalue weighted by Gasteiger charge is -2.04. The van der Waals surface area contributed by atoms with Crippen molar-refractivity contribution in [1.29, 1.82) is 0 Å². The first-order chi connectivity index (χ1) is 9.56. The van der Waals surface area contributed by atoms with E-state index in [2.05, 4.69) is 21.2 Å². The lowest BCUT2D eigenvalue weighted by atomic mass is 10.2. The minimum Gasteiger partial charge on any atom is -0.481 e. The molecule has 0 aliphatic carbocycles. The summed E-state index contributed by atoms with van der Waals surface area (Å²) in [5.74, 6) is -0.648. The van der Waals surface area contributed by atoms with Gasteiger partial charge in [0, 0.05) is 10.9 Å². The van der Waals surface area contributed by atoms with Crippen LogP contribution in [0.5, 0.6) is 0 Å². The van der Waals surface area contributed by atoms with Crippen molar-refractivity contribution in [2.45, 2.75) is 12.8 Å². The number of hydrogen-bond donors (Lipinski definition) is 2. The number of carboxylic acid groups (broad SMARTS) is 1. The molecule has 0 fully saturated rings. The van der Waals surface area contributed by atoms with Crippen LogP contribution in [0.25, 0.3) is 0 Å². The molecule has 0 saturated carbocycles. The minimum atomic E-state index is -0.902. The molecule has 0 atom stereocenters. The van der Waals surface area contributed by atoms with Gasteiger partial charge in [-0.15, -0.1) is 0 Å². The van der Waals surface area contributed by atoms with Crippen LogP contribution in [0.15, 0.2) is 45.3 Å². The van der Waals surface area contributed by atoms with Gasteiger partial charge < -0.3 is 14.8 Å². The quantitative estimate of drug-likeness (QED) is 0.877. The Kier molecular flexibility index (Phi) is 4.57. The van der Waals surface area contributed by atoms with E-state index in [9.17, 15) is 9.59 Å². The number of carbonyl (C=O) groups excluding carboxylic acids is 1. The Balaban J connectivity index is 2.03. The smallest absolute Gasteiger partial charge is 0.303 e. The minimum absolute atomic E-state index is 0.0290. The van der Waals surface area contributed by atoms with Crippen LogP contribution in [0, 0.1) is 0 Å². The predicted molar refractivity (Wildman–Crippen MR) is 76.8 cm³/mol. The average Bonchev–Trinajstić information content (AvgIpc) is 2.88. The van der Waals surface area contributed by atoms with Gasteiger partial charge in [-0.05, 0) is 40.2 Å². The van der Waals surface area contributed by atoms with Crippen LogP contribution >= 0.6 is 15.9 Å². The van der Waals surface area contributed by atoms with Crippen molar-refractivity contribution in [3.8, 4) is 0 Å². The molecule has 20 heavy (non-hydrogen) atoms. The Labute approximate surface area is 123 Å². The van der Waals surface area contributed by atoms with Crippen molar-refractivity contribution in [3.63, 3.8) is 0 Å². The number of furan rings is 1. The highest BCUT2D eigenvalue weighted by molar-refractivity contribution is 9.10. The van der Waals surface area contributed by atoms with Crippen LogP contribution in [-0.4, -0.2) is 17.0 Å². The van der Waals surface area contributed by atoms with Gasteiger partial charge in [0.05, 0.1) is 12.1 Å². The van der Waals surface area contributed by atoms with Gasteiger partial charge >= 0.3 is 5.97 Å². The number of rotatable bonds is 5. The molecule has 5 nitrogen and oxygen atoms in total. The van der Waals surface area contributed by atoms with E-state index in [4.69, 9.17) is 9.52 Å². The summed E-state index contributed by atoms with van der Waals surface area (Å²) >= 11 is 3.33. The number of carbonyl (C=O) groups is 2. The van der Waals surface area contributed by atoms with Gasteiger partial charge in [0.2, 0.25) is 0 Å². The summed E-state index contributed by atoms with van der Waals surface area (Å²) < 4.78 is 6.09. The third-order valence-electron chi connectivity index (χ3n) is 2.59. The summed E-state index contributed by atoms with van der Waals surface area (Å²) in [6.07, 6.45) is 0.233. The number of para-hydroxylation sites is 1. The van der Waals surface area contributed by atoms with E-state index < -0.39 is 5.97 Å². The number of amides is 1. The Hall–Kier alpha value is -2.08. The maximum Gasteiger partial charge on any atom is 0.303 e. The predicted octanol–water partition coefficient (Wildman–Crippen LogP) is 3.31. The molecule has 0 radical (unpaired) electrons. The van der Waals surface area contributed by atoms with Crippen LogP contribution in [0.1, 0.15) is 22.7 Å². The fourth-order valence-corrected chi connectivity index (χ4v) is 1.99. The lowest BCUT2D eigenvalue weighted by molar-refractivity contribution is -0.137. The molecule has 2 rings (SSSR count). The van der Waals surface area contributed by atoms with Crippen molar-refractivity contribution in [1.82, 2.24) is 0 Å². The van der Waals surface area contributed by atoms with Gasteiger partial charge in [-0.2, -0.15) is 0 Å². The number of carboxylic acids is 1. The summed E-state index contributed by atoms with van der Waals surface area (Å²) in [4.78, 5) is 22.4. The Morgan fingerprint density at radius 1 is 1.20 bits per heavy atom. The van der Waals surface area contributed by atoms with E-state index in [1.54, 1.807) is 18.2 Å². The maximum absolute atomic E-state index is 12.0.